The molecule has 0 bridgehead atoms. The molecule has 0 rings (SSSR count). The van der Waals surface area contributed by atoms with Gasteiger partial charge in [-0.3, -0.25) is 9.59 Å². The van der Waals surface area contributed by atoms with E-state index in [-0.39, 0.29) is 5.78 Å². The van der Waals surface area contributed by atoms with E-state index in [1.807, 2.05) is 0 Å². The van der Waals surface area contributed by atoms with Gasteiger partial charge in [0.25, 0.3) is 0 Å². The Morgan fingerprint density at radius 1 is 1.07 bits per heavy atom. The van der Waals surface area contributed by atoms with Crippen LogP contribution in [0, 0.1) is 0 Å². The molecule has 0 radical (unpaired) electrons. The van der Waals surface area contributed by atoms with Gasteiger partial charge in [0.1, 0.15) is 11.6 Å². The average Bonchev–Trinajstić information content (AvgIpc) is 2.15. The molecule has 0 saturated heterocycles. The largest absolute Gasteiger partial charge is 0.300 e. The molecule has 0 heterocycles. The van der Waals surface area contributed by atoms with Crippen molar-refractivity contribution in [2.45, 2.75) is 51.9 Å². The first kappa shape index (κ1) is 13.1. The second-order valence-corrected chi connectivity index (χ2v) is 3.53. The standard InChI is InChI=1S/C12H20O2/c1-3-5-8-12(14)10-6-9-11(13)7-4-2/h4H,2-3,5-10H2,1H3. The Kier molecular flexibility index (Phi) is 8.10. The molecule has 0 spiro atoms. The van der Waals surface area contributed by atoms with E-state index in [0.29, 0.717) is 37.9 Å². The van der Waals surface area contributed by atoms with E-state index in [9.17, 15) is 9.59 Å². The summed E-state index contributed by atoms with van der Waals surface area (Å²) in [5.74, 6) is 0.474. The number of carbonyl (C=O) groups is 2. The van der Waals surface area contributed by atoms with Crippen molar-refractivity contribution < 1.29 is 9.59 Å². The number of rotatable bonds is 9. The molecule has 0 aliphatic heterocycles. The van der Waals surface area contributed by atoms with Crippen LogP contribution in [0.25, 0.3) is 0 Å². The zero-order chi connectivity index (χ0) is 10.8. The van der Waals surface area contributed by atoms with Crippen LogP contribution in [0.4, 0.5) is 0 Å². The summed E-state index contributed by atoms with van der Waals surface area (Å²) in [7, 11) is 0. The molecule has 0 atom stereocenters. The van der Waals surface area contributed by atoms with E-state index in [0.717, 1.165) is 12.8 Å². The fourth-order valence-electron chi connectivity index (χ4n) is 1.24. The smallest absolute Gasteiger partial charge is 0.136 e. The van der Waals surface area contributed by atoms with E-state index >= 15 is 0 Å². The lowest BCUT2D eigenvalue weighted by atomic mass is 10.1. The van der Waals surface area contributed by atoms with Crippen LogP contribution < -0.4 is 0 Å². The first-order valence-electron chi connectivity index (χ1n) is 5.35. The lowest BCUT2D eigenvalue weighted by Gasteiger charge is -1.99. The molecular formula is C12H20O2. The summed E-state index contributed by atoms with van der Waals surface area (Å²) in [6.45, 7) is 5.57. The highest BCUT2D eigenvalue weighted by atomic mass is 16.1. The number of allylic oxidation sites excluding steroid dienone is 1. The predicted octanol–water partition coefficient (Wildman–Crippen LogP) is 3.06. The summed E-state index contributed by atoms with van der Waals surface area (Å²) in [6, 6.07) is 0. The normalized spacial score (nSPS) is 9.79. The summed E-state index contributed by atoms with van der Waals surface area (Å²) < 4.78 is 0. The summed E-state index contributed by atoms with van der Waals surface area (Å²) >= 11 is 0. The third kappa shape index (κ3) is 7.71. The van der Waals surface area contributed by atoms with Crippen molar-refractivity contribution in [1.29, 1.82) is 0 Å². The van der Waals surface area contributed by atoms with E-state index in [1.54, 1.807) is 6.08 Å². The minimum absolute atomic E-state index is 0.184. The molecule has 0 amide bonds. The van der Waals surface area contributed by atoms with Crippen molar-refractivity contribution in [3.63, 3.8) is 0 Å². The van der Waals surface area contributed by atoms with Crippen molar-refractivity contribution in [1.82, 2.24) is 0 Å². The van der Waals surface area contributed by atoms with Crippen LogP contribution >= 0.6 is 0 Å². The Morgan fingerprint density at radius 3 is 2.21 bits per heavy atom. The molecule has 80 valence electrons. The van der Waals surface area contributed by atoms with Gasteiger partial charge in [-0.25, -0.2) is 0 Å². The van der Waals surface area contributed by atoms with Gasteiger partial charge in [0.15, 0.2) is 0 Å². The molecule has 14 heavy (non-hydrogen) atoms. The summed E-state index contributed by atoms with van der Waals surface area (Å²) in [5.41, 5.74) is 0. The minimum atomic E-state index is 0.184. The molecule has 0 fully saturated rings. The van der Waals surface area contributed by atoms with Crippen molar-refractivity contribution >= 4 is 11.6 Å². The first-order valence-corrected chi connectivity index (χ1v) is 5.35. The lowest BCUT2D eigenvalue weighted by Crippen LogP contribution is -2.01. The van der Waals surface area contributed by atoms with Gasteiger partial charge in [-0.1, -0.05) is 19.4 Å². The number of carbonyl (C=O) groups excluding carboxylic acids is 2. The van der Waals surface area contributed by atoms with Gasteiger partial charge >= 0.3 is 0 Å². The number of hydrogen-bond acceptors (Lipinski definition) is 2. The monoisotopic (exact) mass is 196 g/mol. The third-order valence-corrected chi connectivity index (χ3v) is 2.09. The quantitative estimate of drug-likeness (QED) is 0.531. The topological polar surface area (TPSA) is 34.1 Å². The van der Waals surface area contributed by atoms with Gasteiger partial charge in [0.05, 0.1) is 0 Å². The maximum Gasteiger partial charge on any atom is 0.136 e. The second-order valence-electron chi connectivity index (χ2n) is 3.53. The van der Waals surface area contributed by atoms with E-state index < -0.39 is 0 Å². The molecule has 0 aromatic heterocycles. The molecule has 0 aromatic carbocycles. The maximum absolute atomic E-state index is 11.2. The third-order valence-electron chi connectivity index (χ3n) is 2.09. The van der Waals surface area contributed by atoms with Crippen LogP contribution in [0.2, 0.25) is 0 Å². The number of Topliss-reactive ketones (excluding diaryl/α,β-unsaturated/α-hetero) is 2. The zero-order valence-corrected chi connectivity index (χ0v) is 9.05. The maximum atomic E-state index is 11.2. The molecular weight excluding hydrogens is 176 g/mol. The lowest BCUT2D eigenvalue weighted by molar-refractivity contribution is -0.120. The van der Waals surface area contributed by atoms with Crippen molar-refractivity contribution in [3.8, 4) is 0 Å². The highest BCUT2D eigenvalue weighted by Crippen LogP contribution is 2.05. The molecule has 0 aliphatic rings. The van der Waals surface area contributed by atoms with Crippen molar-refractivity contribution in [2.75, 3.05) is 0 Å². The number of unbranched alkanes of at least 4 members (excludes halogenated alkanes) is 1. The Morgan fingerprint density at radius 2 is 1.64 bits per heavy atom. The molecule has 0 saturated carbocycles. The number of hydrogen-bond donors (Lipinski definition) is 0. The zero-order valence-electron chi connectivity index (χ0n) is 9.05. The highest BCUT2D eigenvalue weighted by Gasteiger charge is 2.03. The number of ketones is 2. The Labute approximate surface area is 86.4 Å². The first-order chi connectivity index (χ1) is 6.70. The Hall–Kier alpha value is -0.920. The van der Waals surface area contributed by atoms with E-state index in [1.165, 1.54) is 0 Å². The van der Waals surface area contributed by atoms with Crippen molar-refractivity contribution in [3.05, 3.63) is 12.7 Å². The minimum Gasteiger partial charge on any atom is -0.300 e. The molecule has 0 aromatic rings. The van der Waals surface area contributed by atoms with Crippen LogP contribution in [-0.2, 0) is 9.59 Å². The highest BCUT2D eigenvalue weighted by molar-refractivity contribution is 5.81. The molecule has 0 unspecified atom stereocenters. The van der Waals surface area contributed by atoms with Crippen LogP contribution in [-0.4, -0.2) is 11.6 Å². The van der Waals surface area contributed by atoms with E-state index in [4.69, 9.17) is 0 Å². The fourth-order valence-corrected chi connectivity index (χ4v) is 1.24. The Balaban J connectivity index is 3.39. The van der Waals surface area contributed by atoms with Gasteiger partial charge in [-0.15, -0.1) is 6.58 Å². The van der Waals surface area contributed by atoms with Crippen LogP contribution in [0.1, 0.15) is 51.9 Å². The Bertz CT molecular complexity index is 194. The molecule has 2 heteroatoms. The summed E-state index contributed by atoms with van der Waals surface area (Å²) in [5, 5.41) is 0. The van der Waals surface area contributed by atoms with Crippen LogP contribution in [0.5, 0.6) is 0 Å². The summed E-state index contributed by atoms with van der Waals surface area (Å²) in [6.07, 6.45) is 6.53. The molecule has 2 nitrogen and oxygen atoms in total. The molecule has 0 N–H and O–H groups in total. The summed E-state index contributed by atoms with van der Waals surface area (Å²) in [4.78, 5) is 22.3. The fraction of sp³-hybridized carbons (Fsp3) is 0.667. The molecule has 0 aliphatic carbocycles. The van der Waals surface area contributed by atoms with Gasteiger partial charge in [0.2, 0.25) is 0 Å². The van der Waals surface area contributed by atoms with Gasteiger partial charge in [-0.2, -0.15) is 0 Å². The van der Waals surface area contributed by atoms with Gasteiger partial charge in [-0.05, 0) is 12.8 Å². The van der Waals surface area contributed by atoms with Crippen LogP contribution in [0.15, 0.2) is 12.7 Å². The predicted molar refractivity (Wildman–Crippen MR) is 58.2 cm³/mol. The SMILES string of the molecule is C=CCC(=O)CCCC(=O)CCCC. The van der Waals surface area contributed by atoms with Crippen molar-refractivity contribution in [2.24, 2.45) is 0 Å². The van der Waals surface area contributed by atoms with Gasteiger partial charge < -0.3 is 0 Å². The second kappa shape index (κ2) is 8.67. The van der Waals surface area contributed by atoms with Crippen LogP contribution in [0.3, 0.4) is 0 Å². The van der Waals surface area contributed by atoms with E-state index in [2.05, 4.69) is 13.5 Å². The van der Waals surface area contributed by atoms with Gasteiger partial charge in [0, 0.05) is 25.7 Å². The average molecular weight is 196 g/mol.